The van der Waals surface area contributed by atoms with Crippen LogP contribution in [0.25, 0.3) is 0 Å². The van der Waals surface area contributed by atoms with E-state index in [4.69, 9.17) is 0 Å². The van der Waals surface area contributed by atoms with Crippen LogP contribution in [-0.4, -0.2) is 0 Å². The summed E-state index contributed by atoms with van der Waals surface area (Å²) in [7, 11) is 0. The van der Waals surface area contributed by atoms with Crippen LogP contribution >= 0.6 is 0 Å². The Morgan fingerprint density at radius 2 is 1.50 bits per heavy atom. The summed E-state index contributed by atoms with van der Waals surface area (Å²) in [5.41, 5.74) is 0.794. The minimum Gasteiger partial charge on any atom is -0.207 e. The quantitative estimate of drug-likeness (QED) is 0.538. The van der Waals surface area contributed by atoms with Gasteiger partial charge in [-0.25, -0.2) is 4.39 Å². The van der Waals surface area contributed by atoms with E-state index in [0.717, 1.165) is 5.57 Å². The van der Waals surface area contributed by atoms with Crippen molar-refractivity contribution in [2.24, 2.45) is 5.92 Å². The molecule has 0 saturated heterocycles. The molecule has 0 N–H and O–H groups in total. The van der Waals surface area contributed by atoms with Crippen LogP contribution < -0.4 is 0 Å². The van der Waals surface area contributed by atoms with E-state index in [1.54, 1.807) is 6.92 Å². The molecule has 0 spiro atoms. The lowest BCUT2D eigenvalue weighted by Gasteiger charge is -2.06. The van der Waals surface area contributed by atoms with Gasteiger partial charge < -0.3 is 0 Å². The second-order valence-electron chi connectivity index (χ2n) is 2.54. The number of halogens is 1. The molecule has 0 nitrogen and oxygen atoms in total. The van der Waals surface area contributed by atoms with Crippen LogP contribution in [-0.2, 0) is 0 Å². The Bertz CT molecular complexity index is 152. The van der Waals surface area contributed by atoms with Crippen LogP contribution in [0, 0.1) is 5.92 Å². The lowest BCUT2D eigenvalue weighted by Crippen LogP contribution is -1.93. The average Bonchev–Trinajstić information content (AvgIpc) is 2.08. The van der Waals surface area contributed by atoms with Crippen molar-refractivity contribution >= 4 is 0 Å². The third-order valence-electron chi connectivity index (χ3n) is 1.46. The molecule has 0 aromatic carbocycles. The Kier molecular flexibility index (Phi) is 9.90. The molecule has 0 radical (unpaired) electrons. The summed E-state index contributed by atoms with van der Waals surface area (Å²) in [6.45, 7) is 11.5. The fourth-order valence-corrected chi connectivity index (χ4v) is 0.914. The van der Waals surface area contributed by atoms with Crippen molar-refractivity contribution < 1.29 is 4.39 Å². The largest absolute Gasteiger partial charge is 0.207 e. The summed E-state index contributed by atoms with van der Waals surface area (Å²) in [6.07, 6.45) is 3.31. The molecule has 0 saturated carbocycles. The van der Waals surface area contributed by atoms with E-state index >= 15 is 0 Å². The van der Waals surface area contributed by atoms with Crippen LogP contribution in [0.1, 0.15) is 41.5 Å². The van der Waals surface area contributed by atoms with Gasteiger partial charge in [-0.05, 0) is 25.3 Å². The summed E-state index contributed by atoms with van der Waals surface area (Å²) in [5.74, 6) is 0.179. The van der Waals surface area contributed by atoms with Crippen molar-refractivity contribution in [2.75, 3.05) is 0 Å². The highest BCUT2D eigenvalue weighted by Gasteiger charge is 2.05. The maximum absolute atomic E-state index is 12.8. The molecule has 0 heterocycles. The molecule has 0 amide bonds. The monoisotopic (exact) mass is 172 g/mol. The third-order valence-corrected chi connectivity index (χ3v) is 1.46. The van der Waals surface area contributed by atoms with Crippen LogP contribution in [0.5, 0.6) is 0 Å². The van der Waals surface area contributed by atoms with E-state index < -0.39 is 0 Å². The maximum atomic E-state index is 12.8. The van der Waals surface area contributed by atoms with Crippen LogP contribution in [0.3, 0.4) is 0 Å². The number of hydrogen-bond acceptors (Lipinski definition) is 0. The predicted octanol–water partition coefficient (Wildman–Crippen LogP) is 4.49. The third kappa shape index (κ3) is 5.11. The fourth-order valence-electron chi connectivity index (χ4n) is 0.914. The predicted molar refractivity (Wildman–Crippen MR) is 54.8 cm³/mol. The molecule has 0 fully saturated rings. The first-order chi connectivity index (χ1) is 5.63. The second-order valence-corrected chi connectivity index (χ2v) is 2.54. The van der Waals surface area contributed by atoms with Gasteiger partial charge in [0.1, 0.15) is 5.83 Å². The van der Waals surface area contributed by atoms with E-state index in [-0.39, 0.29) is 11.7 Å². The highest BCUT2D eigenvalue weighted by molar-refractivity contribution is 5.25. The molecule has 0 atom stereocenters. The number of allylic oxidation sites excluding steroid dienone is 4. The SMILES string of the molecule is C/C=C(\C(F)=C/C)C(C)C.CC. The smallest absolute Gasteiger partial charge is 0.122 e. The van der Waals surface area contributed by atoms with Crippen molar-refractivity contribution in [3.8, 4) is 0 Å². The topological polar surface area (TPSA) is 0 Å². The normalized spacial score (nSPS) is 12.7. The van der Waals surface area contributed by atoms with E-state index in [1.807, 2.05) is 40.7 Å². The van der Waals surface area contributed by atoms with Gasteiger partial charge in [-0.3, -0.25) is 0 Å². The molecule has 0 aromatic rings. The van der Waals surface area contributed by atoms with Gasteiger partial charge in [-0.1, -0.05) is 39.8 Å². The fraction of sp³-hybridized carbons (Fsp3) is 0.636. The van der Waals surface area contributed by atoms with E-state index in [9.17, 15) is 4.39 Å². The summed E-state index contributed by atoms with van der Waals surface area (Å²) in [5, 5.41) is 0. The standard InChI is InChI=1S/C9H15F.C2H6/c1-5-8(7(3)4)9(10)6-2;1-2/h5-7H,1-4H3;1-2H3/b8-5-,9-6+;. The van der Waals surface area contributed by atoms with Crippen LogP contribution in [0.15, 0.2) is 23.6 Å². The highest BCUT2D eigenvalue weighted by Crippen LogP contribution is 2.19. The molecule has 72 valence electrons. The average molecular weight is 172 g/mol. The Morgan fingerprint density at radius 3 is 1.58 bits per heavy atom. The summed E-state index contributed by atoms with van der Waals surface area (Å²) >= 11 is 0. The van der Waals surface area contributed by atoms with Gasteiger partial charge in [0.05, 0.1) is 0 Å². The first-order valence-corrected chi connectivity index (χ1v) is 4.61. The lowest BCUT2D eigenvalue weighted by molar-refractivity contribution is 0.606. The zero-order chi connectivity index (χ0) is 10.1. The molecule has 0 aliphatic rings. The van der Waals surface area contributed by atoms with E-state index in [0.29, 0.717) is 0 Å². The van der Waals surface area contributed by atoms with Gasteiger partial charge in [0.2, 0.25) is 0 Å². The molecule has 0 unspecified atom stereocenters. The maximum Gasteiger partial charge on any atom is 0.122 e. The number of hydrogen-bond donors (Lipinski definition) is 0. The van der Waals surface area contributed by atoms with Gasteiger partial charge >= 0.3 is 0 Å². The Labute approximate surface area is 76.2 Å². The Balaban J connectivity index is 0. The minimum absolute atomic E-state index is 0.0995. The van der Waals surface area contributed by atoms with E-state index in [2.05, 4.69) is 0 Å². The molecule has 1 heteroatoms. The Morgan fingerprint density at radius 1 is 1.08 bits per heavy atom. The van der Waals surface area contributed by atoms with Crippen LogP contribution in [0.4, 0.5) is 4.39 Å². The molecule has 0 aromatic heterocycles. The molecular weight excluding hydrogens is 151 g/mol. The molecular formula is C11H21F. The first-order valence-electron chi connectivity index (χ1n) is 4.61. The second kappa shape index (κ2) is 8.51. The molecule has 0 bridgehead atoms. The van der Waals surface area contributed by atoms with Crippen molar-refractivity contribution in [2.45, 2.75) is 41.5 Å². The molecule has 0 rings (SSSR count). The van der Waals surface area contributed by atoms with Gasteiger partial charge in [0.25, 0.3) is 0 Å². The molecule has 0 aliphatic carbocycles. The zero-order valence-electron chi connectivity index (χ0n) is 9.11. The number of rotatable bonds is 2. The minimum atomic E-state index is -0.0995. The lowest BCUT2D eigenvalue weighted by atomic mass is 10.0. The van der Waals surface area contributed by atoms with Crippen molar-refractivity contribution in [3.05, 3.63) is 23.6 Å². The van der Waals surface area contributed by atoms with Crippen molar-refractivity contribution in [1.29, 1.82) is 0 Å². The van der Waals surface area contributed by atoms with Crippen molar-refractivity contribution in [3.63, 3.8) is 0 Å². The molecule has 0 aliphatic heterocycles. The first kappa shape index (κ1) is 14.0. The summed E-state index contributed by atoms with van der Waals surface area (Å²) in [6, 6.07) is 0. The Hall–Kier alpha value is -0.590. The van der Waals surface area contributed by atoms with E-state index in [1.165, 1.54) is 6.08 Å². The van der Waals surface area contributed by atoms with Gasteiger partial charge in [-0.2, -0.15) is 0 Å². The van der Waals surface area contributed by atoms with Gasteiger partial charge in [-0.15, -0.1) is 0 Å². The van der Waals surface area contributed by atoms with Crippen molar-refractivity contribution in [1.82, 2.24) is 0 Å². The van der Waals surface area contributed by atoms with Crippen LogP contribution in [0.2, 0.25) is 0 Å². The van der Waals surface area contributed by atoms with Gasteiger partial charge in [0.15, 0.2) is 0 Å². The highest BCUT2D eigenvalue weighted by atomic mass is 19.1. The zero-order valence-corrected chi connectivity index (χ0v) is 9.11. The van der Waals surface area contributed by atoms with Gasteiger partial charge in [0, 0.05) is 0 Å². The summed E-state index contributed by atoms with van der Waals surface area (Å²) < 4.78 is 12.8. The molecule has 12 heavy (non-hydrogen) atoms. The summed E-state index contributed by atoms with van der Waals surface area (Å²) in [4.78, 5) is 0.